The molecule has 6 heteroatoms. The summed E-state index contributed by atoms with van der Waals surface area (Å²) in [6.45, 7) is 6.59. The van der Waals surface area contributed by atoms with Crippen molar-refractivity contribution in [2.75, 3.05) is 20.0 Å². The van der Waals surface area contributed by atoms with Crippen LogP contribution in [0.15, 0.2) is 0 Å². The minimum atomic E-state index is 0. The highest BCUT2D eigenvalue weighted by Crippen LogP contribution is 2.36. The van der Waals surface area contributed by atoms with Gasteiger partial charge in [0.25, 0.3) is 0 Å². The van der Waals surface area contributed by atoms with Gasteiger partial charge in [-0.25, -0.2) is 0 Å². The van der Waals surface area contributed by atoms with Crippen LogP contribution in [-0.2, 0) is 0 Å². The fourth-order valence-corrected chi connectivity index (χ4v) is 0. The molecule has 0 saturated heterocycles. The summed E-state index contributed by atoms with van der Waals surface area (Å²) < 4.78 is 0. The molecular formula is C3H16P4S2. The van der Waals surface area contributed by atoms with Gasteiger partial charge in [-0.05, 0) is 27.5 Å². The van der Waals surface area contributed by atoms with Gasteiger partial charge in [0, 0.05) is 0 Å². The van der Waals surface area contributed by atoms with Crippen molar-refractivity contribution in [1.82, 2.24) is 0 Å². The van der Waals surface area contributed by atoms with Crippen LogP contribution in [0.1, 0.15) is 0 Å². The predicted molar refractivity (Wildman–Crippen MR) is 70.4 cm³/mol. The maximum atomic E-state index is 3.96. The first-order valence-electron chi connectivity index (χ1n) is 2.22. The third-order valence-electron chi connectivity index (χ3n) is 0.362. The zero-order chi connectivity index (χ0) is 6.83. The molecule has 0 heterocycles. The molecule has 0 radical (unpaired) electrons. The van der Waals surface area contributed by atoms with E-state index in [-0.39, 0.29) is 13.5 Å². The van der Waals surface area contributed by atoms with Gasteiger partial charge >= 0.3 is 0 Å². The number of hydrogen-bond donors (Lipinski definition) is 1. The molecule has 0 saturated carbocycles. The van der Waals surface area contributed by atoms with Gasteiger partial charge < -0.3 is 0 Å². The van der Waals surface area contributed by atoms with Crippen molar-refractivity contribution in [1.29, 1.82) is 0 Å². The van der Waals surface area contributed by atoms with E-state index in [1.807, 2.05) is 0 Å². The van der Waals surface area contributed by atoms with Crippen molar-refractivity contribution in [2.45, 2.75) is 0 Å². The average molecular weight is 240 g/mol. The third kappa shape index (κ3) is 37.8. The topological polar surface area (TPSA) is 0 Å². The number of hydrogen-bond acceptors (Lipinski definition) is 1. The summed E-state index contributed by atoms with van der Waals surface area (Å²) >= 11 is 3.96. The molecule has 0 spiro atoms. The zero-order valence-corrected chi connectivity index (χ0v) is 11.8. The minimum absolute atomic E-state index is 0. The molecule has 0 amide bonds. The lowest BCUT2D eigenvalue weighted by Crippen LogP contribution is -1.17. The highest BCUT2D eigenvalue weighted by molar-refractivity contribution is 8.59. The molecule has 0 nitrogen and oxygen atoms in total. The first kappa shape index (κ1) is 17.5. The normalized spacial score (nSPS) is 12.0. The van der Waals surface area contributed by atoms with E-state index in [2.05, 4.69) is 32.2 Å². The summed E-state index contributed by atoms with van der Waals surface area (Å²) in [7, 11) is 4.23. The van der Waals surface area contributed by atoms with Gasteiger partial charge in [0.1, 0.15) is 0 Å². The van der Waals surface area contributed by atoms with Gasteiger partial charge in [-0.1, -0.05) is 8.27 Å². The highest BCUT2D eigenvalue weighted by Gasteiger charge is 1.55. The molecule has 0 aliphatic rings. The second kappa shape index (κ2) is 22.4. The molecule has 0 N–H and O–H groups in total. The molecule has 60 valence electrons. The molecule has 0 aliphatic carbocycles. The van der Waals surface area contributed by atoms with Crippen LogP contribution in [0.25, 0.3) is 0 Å². The molecule has 0 aromatic heterocycles. The maximum absolute atomic E-state index is 3.96. The third-order valence-corrected chi connectivity index (χ3v) is 5.27. The van der Waals surface area contributed by atoms with Crippen LogP contribution in [0.3, 0.4) is 0 Å². The standard InChI is InChI=1S/C2H8P2.CH6P2S.H2S/c1-3-4-2;1-2-3-4;/h3-4H,1-2H3;2-4H,1H3;1H2. The number of rotatable bonds is 2. The second-order valence-electron chi connectivity index (χ2n) is 0.862. The Morgan fingerprint density at radius 2 is 1.11 bits per heavy atom. The van der Waals surface area contributed by atoms with Crippen molar-refractivity contribution >= 4 is 58.0 Å². The van der Waals surface area contributed by atoms with E-state index in [1.54, 1.807) is 0 Å². The van der Waals surface area contributed by atoms with Crippen LogP contribution in [0.2, 0.25) is 0 Å². The Morgan fingerprint density at radius 1 is 0.889 bits per heavy atom. The fourth-order valence-electron chi connectivity index (χ4n) is 0. The zero-order valence-electron chi connectivity index (χ0n) is 5.95. The lowest BCUT2D eigenvalue weighted by Gasteiger charge is -1.70. The van der Waals surface area contributed by atoms with E-state index in [0.29, 0.717) is 0 Å². The van der Waals surface area contributed by atoms with Crippen molar-refractivity contribution in [3.05, 3.63) is 0 Å². The van der Waals surface area contributed by atoms with Crippen molar-refractivity contribution in [2.24, 2.45) is 0 Å². The van der Waals surface area contributed by atoms with Crippen molar-refractivity contribution in [3.8, 4) is 0 Å². The average Bonchev–Trinajstić information content (AvgIpc) is 1.88. The van der Waals surface area contributed by atoms with E-state index < -0.39 is 0 Å². The molecule has 0 aromatic rings. The van der Waals surface area contributed by atoms with Gasteiger partial charge in [-0.2, -0.15) is 25.7 Å². The van der Waals surface area contributed by atoms with Crippen LogP contribution in [0, 0.1) is 0 Å². The molecular weight excluding hydrogens is 224 g/mol. The lowest BCUT2D eigenvalue weighted by molar-refractivity contribution is 2.46. The molecule has 4 atom stereocenters. The first-order valence-corrected chi connectivity index (χ1v) is 11.0. The fraction of sp³-hybridized carbons (Fsp3) is 1.00. The monoisotopic (exact) mass is 240 g/mol. The van der Waals surface area contributed by atoms with E-state index in [4.69, 9.17) is 0 Å². The largest absolute Gasteiger partial charge is 0.197 e. The minimum Gasteiger partial charge on any atom is -0.197 e. The second-order valence-corrected chi connectivity index (χ2v) is 9.77. The van der Waals surface area contributed by atoms with Crippen LogP contribution < -0.4 is 0 Å². The van der Waals surface area contributed by atoms with Gasteiger partial charge in [0.2, 0.25) is 0 Å². The SMILES string of the molecule is CPPC.CPPS.S. The maximum Gasteiger partial charge on any atom is -0.0428 e. The predicted octanol–water partition coefficient (Wildman–Crippen LogP) is 3.36. The number of thiol groups is 1. The Kier molecular flexibility index (Phi) is 43.6. The van der Waals surface area contributed by atoms with Gasteiger partial charge in [0.05, 0.1) is 0 Å². The van der Waals surface area contributed by atoms with Crippen LogP contribution in [-0.4, -0.2) is 20.0 Å². The summed E-state index contributed by atoms with van der Waals surface area (Å²) in [6.07, 6.45) is 0. The van der Waals surface area contributed by atoms with Crippen LogP contribution in [0.4, 0.5) is 0 Å². The summed E-state index contributed by atoms with van der Waals surface area (Å²) in [5.41, 5.74) is 0. The van der Waals surface area contributed by atoms with Gasteiger partial charge in [-0.3, -0.25) is 0 Å². The molecule has 0 aliphatic heterocycles. The molecule has 0 fully saturated rings. The van der Waals surface area contributed by atoms with E-state index in [1.165, 1.54) is 16.5 Å². The Labute approximate surface area is 78.0 Å². The summed E-state index contributed by atoms with van der Waals surface area (Å²) in [6, 6.07) is 0. The van der Waals surface area contributed by atoms with Crippen molar-refractivity contribution < 1.29 is 0 Å². The molecule has 9 heavy (non-hydrogen) atoms. The Morgan fingerprint density at radius 3 is 1.11 bits per heavy atom. The first-order chi connectivity index (χ1) is 3.83. The highest BCUT2D eigenvalue weighted by atomic mass is 32.8. The summed E-state index contributed by atoms with van der Waals surface area (Å²) in [4.78, 5) is 0. The van der Waals surface area contributed by atoms with Crippen LogP contribution >= 0.6 is 58.0 Å². The van der Waals surface area contributed by atoms with E-state index >= 15 is 0 Å². The van der Waals surface area contributed by atoms with E-state index in [0.717, 1.165) is 15.7 Å². The van der Waals surface area contributed by atoms with Crippen molar-refractivity contribution in [3.63, 3.8) is 0 Å². The molecule has 0 bridgehead atoms. The molecule has 0 rings (SSSR count). The quantitative estimate of drug-likeness (QED) is 0.555. The summed E-state index contributed by atoms with van der Waals surface area (Å²) in [5.74, 6) is 0. The van der Waals surface area contributed by atoms with Gasteiger partial charge in [-0.15, -0.1) is 16.5 Å². The smallest absolute Gasteiger partial charge is 0.0428 e. The molecule has 4 unspecified atom stereocenters. The Balaban J connectivity index is -0.0000000720. The lowest BCUT2D eigenvalue weighted by atomic mass is 12.0. The van der Waals surface area contributed by atoms with E-state index in [9.17, 15) is 0 Å². The molecule has 0 aromatic carbocycles. The summed E-state index contributed by atoms with van der Waals surface area (Å²) in [5, 5.41) is 0. The Bertz CT molecular complexity index is 21.8. The van der Waals surface area contributed by atoms with Gasteiger partial charge in [0.15, 0.2) is 0 Å². The van der Waals surface area contributed by atoms with Crippen LogP contribution in [0.5, 0.6) is 0 Å². The Hall–Kier alpha value is 2.42.